The zero-order valence-corrected chi connectivity index (χ0v) is 9.71. The van der Waals surface area contributed by atoms with E-state index in [1.54, 1.807) is 7.11 Å². The van der Waals surface area contributed by atoms with Crippen molar-refractivity contribution in [3.05, 3.63) is 24.3 Å². The molecule has 0 spiro atoms. The largest absolute Gasteiger partial charge is 0.600 e. The van der Waals surface area contributed by atoms with Crippen LogP contribution in [0.3, 0.4) is 0 Å². The molecule has 0 aromatic heterocycles. The van der Waals surface area contributed by atoms with Crippen molar-refractivity contribution in [2.45, 2.75) is 4.90 Å². The van der Waals surface area contributed by atoms with Crippen molar-refractivity contribution in [1.82, 2.24) is 0 Å². The Balaban J connectivity index is 2.78. The molecule has 0 radical (unpaired) electrons. The second-order valence-corrected chi connectivity index (χ2v) is 4.32. The Morgan fingerprint density at radius 3 is 2.33 bits per heavy atom. The van der Waals surface area contributed by atoms with Crippen LogP contribution in [-0.4, -0.2) is 26.6 Å². The van der Waals surface area contributed by atoms with Crippen LogP contribution in [0.4, 0.5) is 0 Å². The third kappa shape index (κ3) is 3.36. The van der Waals surface area contributed by atoms with Crippen molar-refractivity contribution in [2.24, 2.45) is 4.40 Å². The van der Waals surface area contributed by atoms with Crippen molar-refractivity contribution in [3.8, 4) is 5.75 Å². The minimum absolute atomic E-state index is 0.479. The van der Waals surface area contributed by atoms with Gasteiger partial charge in [-0.15, -0.1) is 0 Å². The number of ether oxygens (including phenoxy) is 2. The maximum Gasteiger partial charge on any atom is 0.204 e. The van der Waals surface area contributed by atoms with E-state index < -0.39 is 17.2 Å². The highest BCUT2D eigenvalue weighted by Crippen LogP contribution is 2.17. The van der Waals surface area contributed by atoms with Gasteiger partial charge in [-0.25, -0.2) is 0 Å². The molecule has 82 valence electrons. The molecule has 4 nitrogen and oxygen atoms in total. The molecule has 1 atom stereocenters. The molecule has 0 N–H and O–H groups in total. The zero-order chi connectivity index (χ0) is 11.3. The SMILES string of the molecule is CO/C([O-])=N/[S+](C)c1ccc(OC)cc1. The number of hydrogen-bond acceptors (Lipinski definition) is 4. The Bertz CT molecular complexity index is 337. The predicted octanol–water partition coefficient (Wildman–Crippen LogP) is 0.580. The molecule has 1 aromatic rings. The van der Waals surface area contributed by atoms with Crippen LogP contribution in [0.5, 0.6) is 5.75 Å². The van der Waals surface area contributed by atoms with E-state index in [1.165, 1.54) is 7.11 Å². The van der Waals surface area contributed by atoms with Gasteiger partial charge in [-0.1, -0.05) is 0 Å². The first-order valence-electron chi connectivity index (χ1n) is 4.27. The van der Waals surface area contributed by atoms with Crippen LogP contribution in [0.1, 0.15) is 0 Å². The van der Waals surface area contributed by atoms with E-state index >= 15 is 0 Å². The standard InChI is InChI=1S/C10H13NO3S/c1-13-8-4-6-9(7-5-8)15(3)11-10(12)14-2/h4-7H,1-3H3. The Labute approximate surface area is 92.0 Å². The van der Waals surface area contributed by atoms with Crippen LogP contribution >= 0.6 is 0 Å². The fraction of sp³-hybridized carbons (Fsp3) is 0.300. The van der Waals surface area contributed by atoms with E-state index in [9.17, 15) is 5.11 Å². The summed E-state index contributed by atoms with van der Waals surface area (Å²) >= 11 is -0.479. The molecule has 1 rings (SSSR count). The molecule has 0 aliphatic heterocycles. The molecule has 15 heavy (non-hydrogen) atoms. The first-order valence-corrected chi connectivity index (χ1v) is 5.86. The van der Waals surface area contributed by atoms with Crippen molar-refractivity contribution in [3.63, 3.8) is 0 Å². The summed E-state index contributed by atoms with van der Waals surface area (Å²) in [6, 6.07) is 7.44. The lowest BCUT2D eigenvalue weighted by Gasteiger charge is -2.04. The third-order valence-electron chi connectivity index (χ3n) is 1.79. The molecule has 0 bridgehead atoms. The fourth-order valence-electron chi connectivity index (χ4n) is 0.974. The van der Waals surface area contributed by atoms with Crippen LogP contribution < -0.4 is 9.84 Å². The van der Waals surface area contributed by atoms with Gasteiger partial charge in [0.05, 0.1) is 7.11 Å². The van der Waals surface area contributed by atoms with E-state index in [-0.39, 0.29) is 0 Å². The summed E-state index contributed by atoms with van der Waals surface area (Å²) in [5.41, 5.74) is 0. The van der Waals surface area contributed by atoms with Gasteiger partial charge in [0, 0.05) is 0 Å². The summed E-state index contributed by atoms with van der Waals surface area (Å²) in [5.74, 6) is 0.786. The summed E-state index contributed by atoms with van der Waals surface area (Å²) in [4.78, 5) is 0.973. The van der Waals surface area contributed by atoms with Crippen molar-refractivity contribution >= 4 is 17.2 Å². The minimum Gasteiger partial charge on any atom is -0.600 e. The average molecular weight is 227 g/mol. The topological polar surface area (TPSA) is 53.9 Å². The summed E-state index contributed by atoms with van der Waals surface area (Å²) in [5, 5.41) is 10.9. The second kappa shape index (κ2) is 5.50. The lowest BCUT2D eigenvalue weighted by atomic mass is 10.3. The molecule has 5 heteroatoms. The monoisotopic (exact) mass is 227 g/mol. The zero-order valence-electron chi connectivity index (χ0n) is 8.89. The molecule has 1 aromatic carbocycles. The van der Waals surface area contributed by atoms with Gasteiger partial charge < -0.3 is 14.6 Å². The summed E-state index contributed by atoms with van der Waals surface area (Å²) in [6.45, 7) is 0. The van der Waals surface area contributed by atoms with Crippen LogP contribution in [0.2, 0.25) is 0 Å². The van der Waals surface area contributed by atoms with Crippen LogP contribution in [0, 0.1) is 0 Å². The minimum atomic E-state index is -0.545. The molecular formula is C10H13NO3S. The fourth-order valence-corrected chi connectivity index (χ4v) is 1.91. The van der Waals surface area contributed by atoms with E-state index in [4.69, 9.17) is 4.74 Å². The van der Waals surface area contributed by atoms with Crippen molar-refractivity contribution < 1.29 is 14.6 Å². The maximum atomic E-state index is 10.9. The van der Waals surface area contributed by atoms with E-state index in [1.807, 2.05) is 30.5 Å². The van der Waals surface area contributed by atoms with Crippen LogP contribution in [-0.2, 0) is 15.8 Å². The average Bonchev–Trinajstić information content (AvgIpc) is 2.29. The predicted molar refractivity (Wildman–Crippen MR) is 59.0 cm³/mol. The first-order chi connectivity index (χ1) is 7.17. The Hall–Kier alpha value is -1.36. The highest BCUT2D eigenvalue weighted by molar-refractivity contribution is 7.95. The van der Waals surface area contributed by atoms with Gasteiger partial charge in [-0.05, 0) is 35.8 Å². The number of benzene rings is 1. The molecule has 0 saturated carbocycles. The van der Waals surface area contributed by atoms with Gasteiger partial charge in [0.1, 0.15) is 12.0 Å². The van der Waals surface area contributed by atoms with Gasteiger partial charge >= 0.3 is 0 Å². The van der Waals surface area contributed by atoms with Gasteiger partial charge in [0.25, 0.3) is 0 Å². The quantitative estimate of drug-likeness (QED) is 0.431. The normalized spacial score (nSPS) is 13.4. The van der Waals surface area contributed by atoms with Gasteiger partial charge in [0.2, 0.25) is 6.08 Å². The van der Waals surface area contributed by atoms with Gasteiger partial charge in [0.15, 0.2) is 16.0 Å². The molecule has 0 aliphatic carbocycles. The summed E-state index contributed by atoms with van der Waals surface area (Å²) in [7, 11) is 2.93. The number of nitrogens with zero attached hydrogens (tertiary/aromatic N) is 1. The molecule has 0 amide bonds. The third-order valence-corrected chi connectivity index (χ3v) is 3.16. The highest BCUT2D eigenvalue weighted by Gasteiger charge is 2.14. The van der Waals surface area contributed by atoms with Gasteiger partial charge in [-0.3, -0.25) is 0 Å². The highest BCUT2D eigenvalue weighted by atomic mass is 32.2. The maximum absolute atomic E-state index is 10.9. The van der Waals surface area contributed by atoms with Crippen LogP contribution in [0.15, 0.2) is 33.6 Å². The molecule has 0 saturated heterocycles. The molecule has 1 unspecified atom stereocenters. The lowest BCUT2D eigenvalue weighted by molar-refractivity contribution is -0.246. The molecule has 0 heterocycles. The second-order valence-electron chi connectivity index (χ2n) is 2.71. The first kappa shape index (κ1) is 11.7. The Morgan fingerprint density at radius 2 is 1.87 bits per heavy atom. The van der Waals surface area contributed by atoms with Gasteiger partial charge in [-0.2, -0.15) is 0 Å². The van der Waals surface area contributed by atoms with E-state index in [0.717, 1.165) is 10.6 Å². The smallest absolute Gasteiger partial charge is 0.204 e. The van der Waals surface area contributed by atoms with Crippen molar-refractivity contribution in [1.29, 1.82) is 0 Å². The van der Waals surface area contributed by atoms with Crippen molar-refractivity contribution in [2.75, 3.05) is 20.5 Å². The summed E-state index contributed by atoms with van der Waals surface area (Å²) < 4.78 is 13.3. The Kier molecular flexibility index (Phi) is 4.30. The van der Waals surface area contributed by atoms with E-state index in [0.29, 0.717) is 0 Å². The molecular weight excluding hydrogens is 214 g/mol. The number of hydrogen-bond donors (Lipinski definition) is 0. The van der Waals surface area contributed by atoms with Crippen LogP contribution in [0.25, 0.3) is 0 Å². The number of methoxy groups -OCH3 is 2. The number of rotatable bonds is 3. The summed E-state index contributed by atoms with van der Waals surface area (Å²) in [6.07, 6.45) is 1.32. The molecule has 0 aliphatic rings. The molecule has 0 fully saturated rings. The lowest BCUT2D eigenvalue weighted by Crippen LogP contribution is -2.20. The van der Waals surface area contributed by atoms with E-state index in [2.05, 4.69) is 9.13 Å². The Morgan fingerprint density at radius 1 is 1.27 bits per heavy atom.